The van der Waals surface area contributed by atoms with Crippen LogP contribution in [-0.4, -0.2) is 12.5 Å². The van der Waals surface area contributed by atoms with E-state index >= 15 is 0 Å². The van der Waals surface area contributed by atoms with Gasteiger partial charge in [-0.2, -0.15) is 0 Å². The summed E-state index contributed by atoms with van der Waals surface area (Å²) >= 11 is 0. The molecule has 0 atom stereocenters. The molecule has 2 nitrogen and oxygen atoms in total. The first-order valence-corrected chi connectivity index (χ1v) is 3.82. The average Bonchev–Trinajstić information content (AvgIpc) is 2.36. The van der Waals surface area contributed by atoms with Crippen LogP contribution in [0.5, 0.6) is 0 Å². The summed E-state index contributed by atoms with van der Waals surface area (Å²) in [5.41, 5.74) is 2.29. The maximum absolute atomic E-state index is 7.45. The largest absolute Gasteiger partial charge is 0.478 e. The Morgan fingerprint density at radius 3 is 2.82 bits per heavy atom. The maximum atomic E-state index is 7.45. The van der Waals surface area contributed by atoms with E-state index in [0.717, 1.165) is 12.0 Å². The van der Waals surface area contributed by atoms with Crippen LogP contribution in [-0.2, 0) is 4.74 Å². The lowest BCUT2D eigenvalue weighted by molar-refractivity contribution is 0.324. The zero-order valence-electron chi connectivity index (χ0n) is 6.98. The molecule has 0 aromatic heterocycles. The number of ether oxygens (including phenoxy) is 1. The third-order valence-electron chi connectivity index (χ3n) is 1.62. The molecule has 2 heteroatoms. The molecule has 0 fully saturated rings. The van der Waals surface area contributed by atoms with Gasteiger partial charge < -0.3 is 4.74 Å². The van der Waals surface area contributed by atoms with Crippen LogP contribution in [0.4, 0.5) is 0 Å². The number of rotatable bonds is 2. The molecular weight excluding hydrogens is 138 g/mol. The second-order valence-corrected chi connectivity index (χ2v) is 2.64. The minimum atomic E-state index is 0.320. The normalized spacial score (nSPS) is 15.8. The van der Waals surface area contributed by atoms with E-state index < -0.39 is 0 Å². The Bertz CT molecular complexity index is 226. The predicted octanol–water partition coefficient (Wildman–Crippen LogP) is 2.28. The van der Waals surface area contributed by atoms with Crippen molar-refractivity contribution in [2.24, 2.45) is 0 Å². The summed E-state index contributed by atoms with van der Waals surface area (Å²) in [5, 5.41) is 7.45. The van der Waals surface area contributed by atoms with E-state index in [1.54, 1.807) is 0 Å². The van der Waals surface area contributed by atoms with Crippen molar-refractivity contribution in [2.75, 3.05) is 6.61 Å². The second-order valence-electron chi connectivity index (χ2n) is 2.64. The number of hydrogen-bond acceptors (Lipinski definition) is 2. The molecule has 0 radical (unpaired) electrons. The fraction of sp³-hybridized carbons (Fsp3) is 0.444. The Hall–Kier alpha value is -1.05. The van der Waals surface area contributed by atoms with Crippen molar-refractivity contribution >= 4 is 5.90 Å². The first-order valence-electron chi connectivity index (χ1n) is 3.82. The highest BCUT2D eigenvalue weighted by atomic mass is 16.5. The molecule has 0 unspecified atom stereocenters. The molecule has 0 aliphatic heterocycles. The van der Waals surface area contributed by atoms with Gasteiger partial charge in [0.25, 0.3) is 0 Å². The van der Waals surface area contributed by atoms with Gasteiger partial charge in [-0.3, -0.25) is 5.41 Å². The third kappa shape index (κ3) is 1.93. The van der Waals surface area contributed by atoms with Gasteiger partial charge in [-0.05, 0) is 20.3 Å². The SMILES string of the molecule is CCOC(=N)C1=CC=C(C)C1. The minimum Gasteiger partial charge on any atom is -0.478 e. The lowest BCUT2D eigenvalue weighted by Crippen LogP contribution is -2.05. The molecule has 11 heavy (non-hydrogen) atoms. The molecule has 60 valence electrons. The van der Waals surface area contributed by atoms with E-state index in [1.807, 2.05) is 19.1 Å². The Labute approximate surface area is 67.1 Å². The summed E-state index contributed by atoms with van der Waals surface area (Å²) in [6, 6.07) is 0. The molecule has 0 bridgehead atoms. The highest BCUT2D eigenvalue weighted by molar-refractivity contribution is 5.92. The second kappa shape index (κ2) is 3.37. The average molecular weight is 151 g/mol. The van der Waals surface area contributed by atoms with E-state index in [2.05, 4.69) is 6.92 Å². The maximum Gasteiger partial charge on any atom is 0.209 e. The van der Waals surface area contributed by atoms with Crippen molar-refractivity contribution in [1.82, 2.24) is 0 Å². The molecule has 1 aliphatic rings. The number of nitrogens with one attached hydrogen (secondary N) is 1. The van der Waals surface area contributed by atoms with Crippen molar-refractivity contribution in [3.05, 3.63) is 23.3 Å². The predicted molar refractivity (Wildman–Crippen MR) is 45.8 cm³/mol. The van der Waals surface area contributed by atoms with Crippen LogP contribution in [0.3, 0.4) is 0 Å². The number of allylic oxidation sites excluding steroid dienone is 3. The standard InChI is InChI=1S/C9H13NO/c1-3-11-9(10)8-5-4-7(2)6-8/h4-5,10H,3,6H2,1-2H3. The van der Waals surface area contributed by atoms with Gasteiger partial charge >= 0.3 is 0 Å². The zero-order chi connectivity index (χ0) is 8.27. The lowest BCUT2D eigenvalue weighted by atomic mass is 10.2. The molecule has 0 aromatic rings. The lowest BCUT2D eigenvalue weighted by Gasteiger charge is -2.04. The van der Waals surface area contributed by atoms with Crippen molar-refractivity contribution in [3.8, 4) is 0 Å². The van der Waals surface area contributed by atoms with Crippen LogP contribution in [0.25, 0.3) is 0 Å². The van der Waals surface area contributed by atoms with E-state index in [9.17, 15) is 0 Å². The fourth-order valence-corrected chi connectivity index (χ4v) is 1.05. The highest BCUT2D eigenvalue weighted by Gasteiger charge is 2.09. The molecule has 0 saturated carbocycles. The van der Waals surface area contributed by atoms with E-state index in [-0.39, 0.29) is 0 Å². The summed E-state index contributed by atoms with van der Waals surface area (Å²) in [4.78, 5) is 0. The first-order chi connectivity index (χ1) is 5.24. The van der Waals surface area contributed by atoms with Crippen LogP contribution in [0, 0.1) is 5.41 Å². The topological polar surface area (TPSA) is 33.1 Å². The molecule has 0 spiro atoms. The van der Waals surface area contributed by atoms with Crippen molar-refractivity contribution < 1.29 is 4.74 Å². The Kier molecular flexibility index (Phi) is 2.47. The molecule has 0 aromatic carbocycles. The van der Waals surface area contributed by atoms with Gasteiger partial charge in [0.05, 0.1) is 6.61 Å². The third-order valence-corrected chi connectivity index (χ3v) is 1.62. The van der Waals surface area contributed by atoms with Gasteiger partial charge in [-0.1, -0.05) is 17.7 Å². The summed E-state index contributed by atoms with van der Waals surface area (Å²) in [6.07, 6.45) is 4.86. The van der Waals surface area contributed by atoms with Crippen LogP contribution >= 0.6 is 0 Å². The van der Waals surface area contributed by atoms with Crippen molar-refractivity contribution in [1.29, 1.82) is 5.41 Å². The van der Waals surface area contributed by atoms with E-state index in [0.29, 0.717) is 12.5 Å². The summed E-state index contributed by atoms with van der Waals surface area (Å²) in [5.74, 6) is 0.320. The Morgan fingerprint density at radius 2 is 2.36 bits per heavy atom. The molecule has 1 aliphatic carbocycles. The first kappa shape index (κ1) is 8.05. The molecule has 0 saturated heterocycles. The van der Waals surface area contributed by atoms with Crippen LogP contribution in [0.2, 0.25) is 0 Å². The van der Waals surface area contributed by atoms with Crippen LogP contribution in [0.15, 0.2) is 23.3 Å². The summed E-state index contributed by atoms with van der Waals surface area (Å²) < 4.78 is 5.06. The summed E-state index contributed by atoms with van der Waals surface area (Å²) in [7, 11) is 0. The van der Waals surface area contributed by atoms with Gasteiger partial charge in [-0.15, -0.1) is 0 Å². The van der Waals surface area contributed by atoms with Crippen molar-refractivity contribution in [3.63, 3.8) is 0 Å². The zero-order valence-corrected chi connectivity index (χ0v) is 6.98. The van der Waals surface area contributed by atoms with Gasteiger partial charge in [0.2, 0.25) is 5.90 Å². The van der Waals surface area contributed by atoms with Gasteiger partial charge in [0.1, 0.15) is 0 Å². The van der Waals surface area contributed by atoms with E-state index in [4.69, 9.17) is 10.1 Å². The minimum absolute atomic E-state index is 0.320. The fourth-order valence-electron chi connectivity index (χ4n) is 1.05. The van der Waals surface area contributed by atoms with Gasteiger partial charge in [-0.25, -0.2) is 0 Å². The van der Waals surface area contributed by atoms with Crippen LogP contribution in [0.1, 0.15) is 20.3 Å². The van der Waals surface area contributed by atoms with E-state index in [1.165, 1.54) is 5.57 Å². The summed E-state index contributed by atoms with van der Waals surface area (Å²) in [6.45, 7) is 4.53. The molecule has 0 heterocycles. The van der Waals surface area contributed by atoms with Gasteiger partial charge in [0, 0.05) is 5.57 Å². The monoisotopic (exact) mass is 151 g/mol. The molecule has 1 rings (SSSR count). The molecule has 1 N–H and O–H groups in total. The number of hydrogen-bond donors (Lipinski definition) is 1. The Balaban J connectivity index is 2.47. The Morgan fingerprint density at radius 1 is 1.64 bits per heavy atom. The molecular formula is C9H13NO. The quantitative estimate of drug-likeness (QED) is 0.476. The smallest absolute Gasteiger partial charge is 0.209 e. The highest BCUT2D eigenvalue weighted by Crippen LogP contribution is 2.18. The van der Waals surface area contributed by atoms with Crippen LogP contribution < -0.4 is 0 Å². The van der Waals surface area contributed by atoms with Gasteiger partial charge in [0.15, 0.2) is 0 Å². The van der Waals surface area contributed by atoms with Crippen molar-refractivity contribution in [2.45, 2.75) is 20.3 Å². The molecule has 0 amide bonds.